The molecule has 0 aromatic heterocycles. The monoisotopic (exact) mass is 257 g/mol. The van der Waals surface area contributed by atoms with E-state index >= 15 is 0 Å². The molecule has 0 fully saturated rings. The van der Waals surface area contributed by atoms with E-state index in [2.05, 4.69) is 0 Å². The number of benzene rings is 1. The highest BCUT2D eigenvalue weighted by Crippen LogP contribution is 2.22. The zero-order valence-corrected chi connectivity index (χ0v) is 10.5. The van der Waals surface area contributed by atoms with Crippen molar-refractivity contribution in [1.29, 1.82) is 0 Å². The van der Waals surface area contributed by atoms with Crippen molar-refractivity contribution in [3.05, 3.63) is 28.8 Å². The lowest BCUT2D eigenvalue weighted by Gasteiger charge is -2.08. The van der Waals surface area contributed by atoms with Crippen LogP contribution in [0.1, 0.15) is 23.2 Å². The zero-order valence-electron chi connectivity index (χ0n) is 9.74. The fraction of sp³-hybridized carbons (Fsp3) is 0.417. The molecule has 4 nitrogen and oxygen atoms in total. The predicted molar refractivity (Wildman–Crippen MR) is 67.3 cm³/mol. The third kappa shape index (κ3) is 4.24. The van der Waals surface area contributed by atoms with Gasteiger partial charge in [-0.2, -0.15) is 0 Å². The Hall–Kier alpha value is -1.26. The topological polar surface area (TPSA) is 61.5 Å². The van der Waals surface area contributed by atoms with Gasteiger partial charge in [0.15, 0.2) is 0 Å². The Morgan fingerprint density at radius 2 is 2.06 bits per heavy atom. The molecule has 94 valence electrons. The van der Waals surface area contributed by atoms with E-state index in [1.807, 2.05) is 0 Å². The van der Waals surface area contributed by atoms with Crippen LogP contribution in [0.25, 0.3) is 0 Å². The molecule has 0 unspecified atom stereocenters. The highest BCUT2D eigenvalue weighted by Gasteiger charge is 2.14. The molecule has 0 saturated carbocycles. The van der Waals surface area contributed by atoms with Gasteiger partial charge in [-0.05, 0) is 25.0 Å². The zero-order chi connectivity index (χ0) is 12.7. The summed E-state index contributed by atoms with van der Waals surface area (Å²) < 4.78 is 9.97. The van der Waals surface area contributed by atoms with Crippen molar-refractivity contribution in [2.45, 2.75) is 12.8 Å². The SMILES string of the molecule is COCCCCOC(=O)c1c(N)cccc1Cl. The van der Waals surface area contributed by atoms with Gasteiger partial charge < -0.3 is 15.2 Å². The standard InChI is InChI=1S/C12H16ClNO3/c1-16-7-2-3-8-17-12(15)11-9(13)5-4-6-10(11)14/h4-6H,2-3,7-8,14H2,1H3. The molecule has 0 atom stereocenters. The number of halogens is 1. The summed E-state index contributed by atoms with van der Waals surface area (Å²) in [5.41, 5.74) is 6.24. The molecule has 0 aliphatic rings. The average molecular weight is 258 g/mol. The molecule has 0 heterocycles. The quantitative estimate of drug-likeness (QED) is 0.483. The van der Waals surface area contributed by atoms with Crippen LogP contribution in [0.15, 0.2) is 18.2 Å². The Morgan fingerprint density at radius 1 is 1.35 bits per heavy atom. The number of hydrogen-bond donors (Lipinski definition) is 1. The number of methoxy groups -OCH3 is 1. The number of carbonyl (C=O) groups is 1. The first-order chi connectivity index (χ1) is 8.16. The van der Waals surface area contributed by atoms with Crippen LogP contribution in [0.4, 0.5) is 5.69 Å². The molecule has 0 radical (unpaired) electrons. The van der Waals surface area contributed by atoms with E-state index in [1.165, 1.54) is 0 Å². The van der Waals surface area contributed by atoms with Gasteiger partial charge in [0, 0.05) is 19.4 Å². The van der Waals surface area contributed by atoms with E-state index in [-0.39, 0.29) is 5.56 Å². The number of rotatable bonds is 6. The van der Waals surface area contributed by atoms with Crippen LogP contribution in [0.2, 0.25) is 5.02 Å². The van der Waals surface area contributed by atoms with Crippen LogP contribution in [-0.4, -0.2) is 26.3 Å². The average Bonchev–Trinajstić information content (AvgIpc) is 2.28. The number of ether oxygens (including phenoxy) is 2. The number of carbonyl (C=O) groups excluding carboxylic acids is 1. The molecule has 2 N–H and O–H groups in total. The van der Waals surface area contributed by atoms with Gasteiger partial charge in [0.05, 0.1) is 11.6 Å². The minimum atomic E-state index is -0.481. The minimum Gasteiger partial charge on any atom is -0.462 e. The molecule has 17 heavy (non-hydrogen) atoms. The van der Waals surface area contributed by atoms with E-state index in [0.29, 0.717) is 23.9 Å². The third-order valence-electron chi connectivity index (χ3n) is 2.23. The van der Waals surface area contributed by atoms with E-state index in [9.17, 15) is 4.79 Å². The number of hydrogen-bond acceptors (Lipinski definition) is 4. The fourth-order valence-electron chi connectivity index (χ4n) is 1.34. The Morgan fingerprint density at radius 3 is 2.71 bits per heavy atom. The summed E-state index contributed by atoms with van der Waals surface area (Å²) in [5, 5.41) is 0.312. The third-order valence-corrected chi connectivity index (χ3v) is 2.54. The fourth-order valence-corrected chi connectivity index (χ4v) is 1.60. The van der Waals surface area contributed by atoms with E-state index in [4.69, 9.17) is 26.8 Å². The number of esters is 1. The van der Waals surface area contributed by atoms with E-state index < -0.39 is 5.97 Å². The molecule has 5 heteroatoms. The van der Waals surface area contributed by atoms with Crippen molar-refractivity contribution in [2.75, 3.05) is 26.1 Å². The lowest BCUT2D eigenvalue weighted by atomic mass is 10.2. The second kappa shape index (κ2) is 7.14. The number of nitrogens with two attached hydrogens (primary N) is 1. The summed E-state index contributed by atoms with van der Waals surface area (Å²) in [6, 6.07) is 4.92. The van der Waals surface area contributed by atoms with Crippen LogP contribution in [-0.2, 0) is 9.47 Å². The van der Waals surface area contributed by atoms with Crippen molar-refractivity contribution in [1.82, 2.24) is 0 Å². The lowest BCUT2D eigenvalue weighted by Crippen LogP contribution is -2.10. The first kappa shape index (κ1) is 13.8. The van der Waals surface area contributed by atoms with Gasteiger partial charge in [-0.15, -0.1) is 0 Å². The maximum absolute atomic E-state index is 11.7. The van der Waals surface area contributed by atoms with Gasteiger partial charge in [-0.3, -0.25) is 0 Å². The normalized spacial score (nSPS) is 10.2. The van der Waals surface area contributed by atoms with Crippen LogP contribution >= 0.6 is 11.6 Å². The van der Waals surface area contributed by atoms with E-state index in [0.717, 1.165) is 12.8 Å². The maximum Gasteiger partial charge on any atom is 0.341 e. The van der Waals surface area contributed by atoms with Crippen molar-refractivity contribution < 1.29 is 14.3 Å². The maximum atomic E-state index is 11.7. The van der Waals surface area contributed by atoms with Crippen molar-refractivity contribution >= 4 is 23.3 Å². The molecule has 0 bridgehead atoms. The molecule has 1 aromatic rings. The molecule has 1 aromatic carbocycles. The van der Waals surface area contributed by atoms with Gasteiger partial charge in [0.1, 0.15) is 5.56 Å². The molecule has 1 rings (SSSR count). The first-order valence-corrected chi connectivity index (χ1v) is 5.74. The Labute approximate surface area is 106 Å². The summed E-state index contributed by atoms with van der Waals surface area (Å²) in [6.45, 7) is 0.999. The summed E-state index contributed by atoms with van der Waals surface area (Å²) in [5.74, 6) is -0.481. The predicted octanol–water partition coefficient (Wildman–Crippen LogP) is 2.51. The van der Waals surface area contributed by atoms with Crippen LogP contribution < -0.4 is 5.73 Å². The smallest absolute Gasteiger partial charge is 0.341 e. The van der Waals surface area contributed by atoms with Gasteiger partial charge in [0.25, 0.3) is 0 Å². The number of nitrogen functional groups attached to an aromatic ring is 1. The summed E-state index contributed by atoms with van der Waals surface area (Å²) in [4.78, 5) is 11.7. The minimum absolute atomic E-state index is 0.237. The van der Waals surface area contributed by atoms with Gasteiger partial charge in [-0.1, -0.05) is 17.7 Å². The second-order valence-electron chi connectivity index (χ2n) is 3.54. The molecular formula is C12H16ClNO3. The summed E-state index contributed by atoms with van der Waals surface area (Å²) >= 11 is 5.89. The first-order valence-electron chi connectivity index (χ1n) is 5.37. The van der Waals surface area contributed by atoms with Crippen molar-refractivity contribution in [2.24, 2.45) is 0 Å². The number of unbranched alkanes of at least 4 members (excludes halogenated alkanes) is 1. The summed E-state index contributed by atoms with van der Waals surface area (Å²) in [6.07, 6.45) is 1.60. The largest absolute Gasteiger partial charge is 0.462 e. The van der Waals surface area contributed by atoms with Gasteiger partial charge in [-0.25, -0.2) is 4.79 Å². The van der Waals surface area contributed by atoms with Crippen molar-refractivity contribution in [3.8, 4) is 0 Å². The molecule has 0 saturated heterocycles. The highest BCUT2D eigenvalue weighted by molar-refractivity contribution is 6.34. The Bertz CT molecular complexity index is 362. The molecule has 0 aliphatic carbocycles. The Balaban J connectivity index is 2.47. The van der Waals surface area contributed by atoms with Gasteiger partial charge in [0.2, 0.25) is 0 Å². The molecular weight excluding hydrogens is 242 g/mol. The van der Waals surface area contributed by atoms with E-state index in [1.54, 1.807) is 25.3 Å². The second-order valence-corrected chi connectivity index (χ2v) is 3.95. The molecule has 0 amide bonds. The lowest BCUT2D eigenvalue weighted by molar-refractivity contribution is 0.0490. The van der Waals surface area contributed by atoms with Crippen LogP contribution in [0, 0.1) is 0 Å². The number of anilines is 1. The highest BCUT2D eigenvalue weighted by atomic mass is 35.5. The molecule has 0 spiro atoms. The van der Waals surface area contributed by atoms with Crippen LogP contribution in [0.3, 0.4) is 0 Å². The van der Waals surface area contributed by atoms with Crippen LogP contribution in [0.5, 0.6) is 0 Å². The van der Waals surface area contributed by atoms with Gasteiger partial charge >= 0.3 is 5.97 Å². The Kier molecular flexibility index (Phi) is 5.80. The summed E-state index contributed by atoms with van der Waals surface area (Å²) in [7, 11) is 1.64. The van der Waals surface area contributed by atoms with Crippen molar-refractivity contribution in [3.63, 3.8) is 0 Å². The molecule has 0 aliphatic heterocycles.